The van der Waals surface area contributed by atoms with Crippen LogP contribution in [0.5, 0.6) is 5.75 Å². The van der Waals surface area contributed by atoms with Crippen LogP contribution >= 0.6 is 11.6 Å². The van der Waals surface area contributed by atoms with Crippen molar-refractivity contribution >= 4 is 28.5 Å². The lowest BCUT2D eigenvalue weighted by molar-refractivity contribution is 0.0488. The van der Waals surface area contributed by atoms with Gasteiger partial charge in [0.2, 0.25) is 0 Å². The first-order chi connectivity index (χ1) is 15.1. The molecule has 31 heavy (non-hydrogen) atoms. The molecule has 4 aromatic rings. The maximum Gasteiger partial charge on any atom is 0.338 e. The van der Waals surface area contributed by atoms with Crippen molar-refractivity contribution in [1.82, 2.24) is 4.98 Å². The minimum absolute atomic E-state index is 0.201. The lowest BCUT2D eigenvalue weighted by Crippen LogP contribution is -2.10. The maximum atomic E-state index is 12.9. The van der Waals surface area contributed by atoms with Gasteiger partial charge in [0, 0.05) is 22.4 Å². The second-order valence-corrected chi connectivity index (χ2v) is 7.31. The third-order valence-electron chi connectivity index (χ3n) is 4.68. The molecule has 0 fully saturated rings. The molecule has 0 aliphatic carbocycles. The maximum absolute atomic E-state index is 12.9. The van der Waals surface area contributed by atoms with Gasteiger partial charge in [-0.2, -0.15) is 0 Å². The molecule has 0 spiro atoms. The molecule has 4 nitrogen and oxygen atoms in total. The number of para-hydroxylation sites is 1. The first kappa shape index (κ1) is 20.8. The van der Waals surface area contributed by atoms with Crippen molar-refractivity contribution in [3.8, 4) is 17.0 Å². The molecule has 0 radical (unpaired) electrons. The van der Waals surface area contributed by atoms with Crippen LogP contribution in [0, 0.1) is 5.82 Å². The molecule has 0 amide bonds. The highest BCUT2D eigenvalue weighted by atomic mass is 35.5. The Morgan fingerprint density at radius 2 is 1.68 bits per heavy atom. The number of hydrogen-bond donors (Lipinski definition) is 0. The van der Waals surface area contributed by atoms with Crippen molar-refractivity contribution in [3.63, 3.8) is 0 Å². The average molecular weight is 436 g/mol. The molecule has 4 rings (SSSR count). The van der Waals surface area contributed by atoms with Crippen LogP contribution in [-0.2, 0) is 4.74 Å². The third-order valence-corrected chi connectivity index (χ3v) is 4.93. The molecule has 0 saturated carbocycles. The van der Waals surface area contributed by atoms with E-state index in [0.29, 0.717) is 40.6 Å². The smallest absolute Gasteiger partial charge is 0.338 e. The van der Waals surface area contributed by atoms with Crippen LogP contribution in [0.25, 0.3) is 22.2 Å². The average Bonchev–Trinajstić information content (AvgIpc) is 2.79. The Morgan fingerprint density at radius 3 is 2.45 bits per heavy atom. The van der Waals surface area contributed by atoms with Crippen molar-refractivity contribution in [2.75, 3.05) is 13.2 Å². The van der Waals surface area contributed by atoms with Gasteiger partial charge in [0.25, 0.3) is 0 Å². The van der Waals surface area contributed by atoms with Crippen molar-refractivity contribution in [2.24, 2.45) is 0 Å². The third kappa shape index (κ3) is 5.19. The Morgan fingerprint density at radius 1 is 0.935 bits per heavy atom. The fourth-order valence-electron chi connectivity index (χ4n) is 3.14. The summed E-state index contributed by atoms with van der Waals surface area (Å²) in [5, 5.41) is 1.36. The SMILES string of the molecule is O=C(OCCCOc1ccc(F)cc1)c1cc(-c2ccc(Cl)cc2)nc2ccccc12. The highest BCUT2D eigenvalue weighted by molar-refractivity contribution is 6.30. The van der Waals surface area contributed by atoms with Crippen LogP contribution in [0.4, 0.5) is 4.39 Å². The quantitative estimate of drug-likeness (QED) is 0.252. The molecule has 0 N–H and O–H groups in total. The number of hydrogen-bond acceptors (Lipinski definition) is 4. The number of esters is 1. The second-order valence-electron chi connectivity index (χ2n) is 6.87. The largest absolute Gasteiger partial charge is 0.493 e. The van der Waals surface area contributed by atoms with E-state index in [2.05, 4.69) is 4.98 Å². The van der Waals surface area contributed by atoms with Gasteiger partial charge in [-0.05, 0) is 48.5 Å². The van der Waals surface area contributed by atoms with Crippen LogP contribution in [-0.4, -0.2) is 24.2 Å². The van der Waals surface area contributed by atoms with Crippen molar-refractivity contribution < 1.29 is 18.7 Å². The van der Waals surface area contributed by atoms with Crippen molar-refractivity contribution in [2.45, 2.75) is 6.42 Å². The molecular weight excluding hydrogens is 417 g/mol. The van der Waals surface area contributed by atoms with Gasteiger partial charge in [-0.3, -0.25) is 0 Å². The molecule has 3 aromatic carbocycles. The van der Waals surface area contributed by atoms with E-state index < -0.39 is 5.97 Å². The Hall–Kier alpha value is -3.44. The molecule has 1 heterocycles. The van der Waals surface area contributed by atoms with Gasteiger partial charge in [-0.15, -0.1) is 0 Å². The van der Waals surface area contributed by atoms with Gasteiger partial charge in [0.1, 0.15) is 11.6 Å². The zero-order chi connectivity index (χ0) is 21.6. The van der Waals surface area contributed by atoms with Gasteiger partial charge in [-0.25, -0.2) is 14.2 Å². The molecular formula is C25H19ClFNO3. The minimum Gasteiger partial charge on any atom is -0.493 e. The van der Waals surface area contributed by atoms with E-state index in [1.54, 1.807) is 30.3 Å². The van der Waals surface area contributed by atoms with Crippen molar-refractivity contribution in [3.05, 3.63) is 95.3 Å². The first-order valence-electron chi connectivity index (χ1n) is 9.81. The Labute approximate surface area is 184 Å². The molecule has 0 unspecified atom stereocenters. The summed E-state index contributed by atoms with van der Waals surface area (Å²) in [6.07, 6.45) is 0.510. The number of rotatable bonds is 7. The highest BCUT2D eigenvalue weighted by Crippen LogP contribution is 2.26. The van der Waals surface area contributed by atoms with Gasteiger partial charge in [0.05, 0.1) is 30.0 Å². The molecule has 0 aliphatic rings. The van der Waals surface area contributed by atoms with Crippen LogP contribution in [0.3, 0.4) is 0 Å². The first-order valence-corrected chi connectivity index (χ1v) is 10.2. The monoisotopic (exact) mass is 435 g/mol. The standard InChI is InChI=1S/C25H19ClFNO3/c26-18-8-6-17(7-9-18)24-16-22(21-4-1-2-5-23(21)28-24)25(29)31-15-3-14-30-20-12-10-19(27)11-13-20/h1-2,4-13,16H,3,14-15H2. The molecule has 0 saturated heterocycles. The van der Waals surface area contributed by atoms with Crippen LogP contribution < -0.4 is 4.74 Å². The summed E-state index contributed by atoms with van der Waals surface area (Å²) in [5.74, 6) is -0.167. The minimum atomic E-state index is -0.421. The van der Waals surface area contributed by atoms with E-state index in [4.69, 9.17) is 21.1 Å². The highest BCUT2D eigenvalue weighted by Gasteiger charge is 2.15. The number of carbonyl (C=O) groups excluding carboxylic acids is 1. The van der Waals surface area contributed by atoms with E-state index in [9.17, 15) is 9.18 Å². The van der Waals surface area contributed by atoms with Crippen LogP contribution in [0.2, 0.25) is 5.02 Å². The van der Waals surface area contributed by atoms with Crippen LogP contribution in [0.15, 0.2) is 78.9 Å². The summed E-state index contributed by atoms with van der Waals surface area (Å²) in [6.45, 7) is 0.555. The Balaban J connectivity index is 1.45. The number of ether oxygens (including phenoxy) is 2. The lowest BCUT2D eigenvalue weighted by atomic mass is 10.0. The van der Waals surface area contributed by atoms with E-state index >= 15 is 0 Å². The zero-order valence-corrected chi connectivity index (χ0v) is 17.3. The number of pyridine rings is 1. The number of carbonyl (C=O) groups is 1. The predicted molar refractivity (Wildman–Crippen MR) is 119 cm³/mol. The van der Waals surface area contributed by atoms with Gasteiger partial charge in [-0.1, -0.05) is 41.9 Å². The number of halogens is 2. The summed E-state index contributed by atoms with van der Waals surface area (Å²) >= 11 is 5.98. The second kappa shape index (κ2) is 9.58. The topological polar surface area (TPSA) is 48.4 Å². The van der Waals surface area contributed by atoms with E-state index in [1.165, 1.54) is 12.1 Å². The summed E-state index contributed by atoms with van der Waals surface area (Å²) in [6, 6.07) is 22.3. The summed E-state index contributed by atoms with van der Waals surface area (Å²) in [7, 11) is 0. The molecule has 0 atom stereocenters. The summed E-state index contributed by atoms with van der Waals surface area (Å²) < 4.78 is 23.9. The van der Waals surface area contributed by atoms with Crippen molar-refractivity contribution in [1.29, 1.82) is 0 Å². The number of benzene rings is 3. The zero-order valence-electron chi connectivity index (χ0n) is 16.6. The van der Waals surface area contributed by atoms with Gasteiger partial charge < -0.3 is 9.47 Å². The molecule has 6 heteroatoms. The molecule has 156 valence electrons. The fourth-order valence-corrected chi connectivity index (χ4v) is 3.26. The molecule has 1 aromatic heterocycles. The Bertz CT molecular complexity index is 1190. The number of fused-ring (bicyclic) bond motifs is 1. The summed E-state index contributed by atoms with van der Waals surface area (Å²) in [4.78, 5) is 17.5. The van der Waals surface area contributed by atoms with Gasteiger partial charge >= 0.3 is 5.97 Å². The Kier molecular flexibility index (Phi) is 6.43. The van der Waals surface area contributed by atoms with E-state index in [0.717, 1.165) is 10.9 Å². The predicted octanol–water partition coefficient (Wildman–Crippen LogP) is 6.32. The van der Waals surface area contributed by atoms with Crippen LogP contribution in [0.1, 0.15) is 16.8 Å². The summed E-state index contributed by atoms with van der Waals surface area (Å²) in [5.41, 5.74) is 2.69. The van der Waals surface area contributed by atoms with E-state index in [-0.39, 0.29) is 12.4 Å². The van der Waals surface area contributed by atoms with E-state index in [1.807, 2.05) is 36.4 Å². The normalized spacial score (nSPS) is 10.8. The fraction of sp³-hybridized carbons (Fsp3) is 0.120. The number of nitrogens with zero attached hydrogens (tertiary/aromatic N) is 1. The number of aromatic nitrogens is 1. The van der Waals surface area contributed by atoms with Gasteiger partial charge in [0.15, 0.2) is 0 Å². The molecule has 0 aliphatic heterocycles. The molecule has 0 bridgehead atoms. The lowest BCUT2D eigenvalue weighted by Gasteiger charge is -2.11.